The van der Waals surface area contributed by atoms with Gasteiger partial charge in [-0.15, -0.1) is 0 Å². The summed E-state index contributed by atoms with van der Waals surface area (Å²) in [6.07, 6.45) is 3.97. The molecule has 1 heterocycles. The summed E-state index contributed by atoms with van der Waals surface area (Å²) in [7, 11) is 1.67. The summed E-state index contributed by atoms with van der Waals surface area (Å²) in [4.78, 5) is 0. The normalized spacial score (nSPS) is 15.7. The van der Waals surface area contributed by atoms with Gasteiger partial charge >= 0.3 is 0 Å². The van der Waals surface area contributed by atoms with Gasteiger partial charge in [-0.1, -0.05) is 24.3 Å². The molecule has 0 aliphatic carbocycles. The molecular formula is C21H19NO2. The predicted molar refractivity (Wildman–Crippen MR) is 98.8 cm³/mol. The van der Waals surface area contributed by atoms with Crippen molar-refractivity contribution in [2.45, 2.75) is 13.2 Å². The zero-order chi connectivity index (χ0) is 16.5. The van der Waals surface area contributed by atoms with Crippen LogP contribution in [0, 0.1) is 6.92 Å². The summed E-state index contributed by atoms with van der Waals surface area (Å²) in [5, 5.41) is 5.77. The number of nitrogens with one attached hydrogen (secondary N) is 1. The highest BCUT2D eigenvalue weighted by Crippen LogP contribution is 2.36. The van der Waals surface area contributed by atoms with Crippen LogP contribution in [0.2, 0.25) is 0 Å². The van der Waals surface area contributed by atoms with E-state index in [9.17, 15) is 0 Å². The van der Waals surface area contributed by atoms with Gasteiger partial charge in [-0.2, -0.15) is 0 Å². The Labute approximate surface area is 141 Å². The fourth-order valence-electron chi connectivity index (χ4n) is 3.10. The first kappa shape index (κ1) is 14.6. The van der Waals surface area contributed by atoms with Crippen molar-refractivity contribution in [3.05, 3.63) is 71.8 Å². The highest BCUT2D eigenvalue weighted by atomic mass is 16.5. The van der Waals surface area contributed by atoms with E-state index in [0.29, 0.717) is 0 Å². The molecule has 3 aromatic carbocycles. The van der Waals surface area contributed by atoms with E-state index in [4.69, 9.17) is 9.47 Å². The summed E-state index contributed by atoms with van der Waals surface area (Å²) < 4.78 is 11.4. The maximum absolute atomic E-state index is 6.23. The summed E-state index contributed by atoms with van der Waals surface area (Å²) in [6.45, 7) is 2.14. The van der Waals surface area contributed by atoms with Crippen LogP contribution in [0.5, 0.6) is 11.5 Å². The van der Waals surface area contributed by atoms with Gasteiger partial charge in [-0.25, -0.2) is 0 Å². The number of hydrogen-bond acceptors (Lipinski definition) is 3. The first-order valence-corrected chi connectivity index (χ1v) is 8.02. The number of benzene rings is 3. The number of fused-ring (bicyclic) bond motifs is 3. The minimum absolute atomic E-state index is 0.197. The molecule has 0 saturated carbocycles. The summed E-state index contributed by atoms with van der Waals surface area (Å²) in [5.41, 5.74) is 3.38. The van der Waals surface area contributed by atoms with Crippen LogP contribution in [-0.2, 0) is 0 Å². The third kappa shape index (κ3) is 2.58. The summed E-state index contributed by atoms with van der Waals surface area (Å²) in [6, 6.07) is 18.4. The van der Waals surface area contributed by atoms with Crippen LogP contribution in [0.15, 0.2) is 60.7 Å². The molecular weight excluding hydrogens is 298 g/mol. The van der Waals surface area contributed by atoms with E-state index in [1.807, 2.05) is 30.3 Å². The molecule has 0 amide bonds. The van der Waals surface area contributed by atoms with E-state index >= 15 is 0 Å². The third-order valence-corrected chi connectivity index (χ3v) is 4.33. The Morgan fingerprint density at radius 2 is 1.75 bits per heavy atom. The zero-order valence-corrected chi connectivity index (χ0v) is 13.7. The lowest BCUT2D eigenvalue weighted by Gasteiger charge is -2.25. The lowest BCUT2D eigenvalue weighted by Crippen LogP contribution is -2.26. The molecule has 120 valence electrons. The standard InChI is InChI=1S/C21H19NO2/c1-14-13-15-7-12-20(22-16-8-10-17(23-2)11-9-16)24-21(15)19-6-4-3-5-18(14)19/h3-13,20,22H,1-2H3. The largest absolute Gasteiger partial charge is 0.497 e. The fourth-order valence-corrected chi connectivity index (χ4v) is 3.10. The minimum Gasteiger partial charge on any atom is -0.497 e. The molecule has 1 atom stereocenters. The Morgan fingerprint density at radius 3 is 2.50 bits per heavy atom. The quantitative estimate of drug-likeness (QED) is 0.737. The second kappa shape index (κ2) is 5.93. The molecule has 3 heteroatoms. The molecule has 1 aliphatic rings. The van der Waals surface area contributed by atoms with E-state index in [1.165, 1.54) is 10.9 Å². The number of ether oxygens (including phenoxy) is 2. The minimum atomic E-state index is -0.197. The second-order valence-corrected chi connectivity index (χ2v) is 5.93. The van der Waals surface area contributed by atoms with Crippen LogP contribution in [0.3, 0.4) is 0 Å². The topological polar surface area (TPSA) is 30.5 Å². The van der Waals surface area contributed by atoms with Crippen molar-refractivity contribution in [2.75, 3.05) is 12.4 Å². The van der Waals surface area contributed by atoms with Crippen LogP contribution in [0.4, 0.5) is 5.69 Å². The van der Waals surface area contributed by atoms with Gasteiger partial charge in [0.2, 0.25) is 0 Å². The molecule has 1 N–H and O–H groups in total. The second-order valence-electron chi connectivity index (χ2n) is 5.93. The lowest BCUT2D eigenvalue weighted by atomic mass is 9.99. The third-order valence-electron chi connectivity index (χ3n) is 4.33. The van der Waals surface area contributed by atoms with Crippen LogP contribution in [-0.4, -0.2) is 13.3 Å². The fraction of sp³-hybridized carbons (Fsp3) is 0.143. The Bertz CT molecular complexity index is 913. The SMILES string of the molecule is COc1ccc(NC2C=Cc3cc(C)c4ccccc4c3O2)cc1. The van der Waals surface area contributed by atoms with Crippen LogP contribution < -0.4 is 14.8 Å². The van der Waals surface area contributed by atoms with Gasteiger partial charge in [-0.05, 0) is 60.4 Å². The maximum atomic E-state index is 6.23. The molecule has 0 bridgehead atoms. The van der Waals surface area contributed by atoms with Crippen LogP contribution in [0.25, 0.3) is 16.8 Å². The average molecular weight is 317 g/mol. The molecule has 0 spiro atoms. The first-order valence-electron chi connectivity index (χ1n) is 8.02. The Hall–Kier alpha value is -2.94. The first-order chi connectivity index (χ1) is 11.7. The van der Waals surface area contributed by atoms with Crippen molar-refractivity contribution in [1.29, 1.82) is 0 Å². The van der Waals surface area contributed by atoms with Crippen molar-refractivity contribution in [2.24, 2.45) is 0 Å². The summed E-state index contributed by atoms with van der Waals surface area (Å²) in [5.74, 6) is 1.78. The molecule has 1 unspecified atom stereocenters. The van der Waals surface area contributed by atoms with Gasteiger partial charge in [0.05, 0.1) is 7.11 Å². The van der Waals surface area contributed by atoms with Crippen LogP contribution in [0.1, 0.15) is 11.1 Å². The van der Waals surface area contributed by atoms with Gasteiger partial charge in [0.15, 0.2) is 6.23 Å². The molecule has 0 saturated heterocycles. The molecule has 3 aromatic rings. The number of methoxy groups -OCH3 is 1. The lowest BCUT2D eigenvalue weighted by molar-refractivity contribution is 0.277. The monoisotopic (exact) mass is 317 g/mol. The predicted octanol–water partition coefficient (Wildman–Crippen LogP) is 5.00. The van der Waals surface area contributed by atoms with E-state index in [-0.39, 0.29) is 6.23 Å². The van der Waals surface area contributed by atoms with Crippen molar-refractivity contribution in [3.8, 4) is 11.5 Å². The zero-order valence-electron chi connectivity index (χ0n) is 13.7. The van der Waals surface area contributed by atoms with Gasteiger partial charge in [0.25, 0.3) is 0 Å². The number of rotatable bonds is 3. The Morgan fingerprint density at radius 1 is 1.00 bits per heavy atom. The van der Waals surface area contributed by atoms with Gasteiger partial charge < -0.3 is 14.8 Å². The number of hydrogen-bond donors (Lipinski definition) is 1. The van der Waals surface area contributed by atoms with Crippen molar-refractivity contribution in [3.63, 3.8) is 0 Å². The molecule has 0 aromatic heterocycles. The van der Waals surface area contributed by atoms with Crippen molar-refractivity contribution >= 4 is 22.5 Å². The molecule has 0 fully saturated rings. The van der Waals surface area contributed by atoms with E-state index in [0.717, 1.165) is 28.1 Å². The van der Waals surface area contributed by atoms with Gasteiger partial charge in [-0.3, -0.25) is 0 Å². The van der Waals surface area contributed by atoms with Crippen LogP contribution >= 0.6 is 0 Å². The van der Waals surface area contributed by atoms with E-state index in [2.05, 4.69) is 48.6 Å². The average Bonchev–Trinajstić information content (AvgIpc) is 2.63. The van der Waals surface area contributed by atoms with Gasteiger partial charge in [0, 0.05) is 16.6 Å². The van der Waals surface area contributed by atoms with Crippen molar-refractivity contribution in [1.82, 2.24) is 0 Å². The Balaban J connectivity index is 1.64. The highest BCUT2D eigenvalue weighted by Gasteiger charge is 2.18. The summed E-state index contributed by atoms with van der Waals surface area (Å²) >= 11 is 0. The number of anilines is 1. The Kier molecular flexibility index (Phi) is 3.62. The molecule has 1 aliphatic heterocycles. The highest BCUT2D eigenvalue weighted by molar-refractivity contribution is 5.94. The van der Waals surface area contributed by atoms with E-state index in [1.54, 1.807) is 7.11 Å². The van der Waals surface area contributed by atoms with Gasteiger partial charge in [0.1, 0.15) is 11.5 Å². The number of aryl methyl sites for hydroxylation is 1. The smallest absolute Gasteiger partial charge is 0.189 e. The molecule has 0 radical (unpaired) electrons. The molecule has 3 nitrogen and oxygen atoms in total. The molecule has 24 heavy (non-hydrogen) atoms. The van der Waals surface area contributed by atoms with Crippen molar-refractivity contribution < 1.29 is 9.47 Å². The maximum Gasteiger partial charge on any atom is 0.189 e. The molecule has 4 rings (SSSR count). The van der Waals surface area contributed by atoms with E-state index < -0.39 is 0 Å².